The van der Waals surface area contributed by atoms with Gasteiger partial charge < -0.3 is 10.6 Å². The molecule has 110 valence electrons. The molecule has 1 amide bonds. The van der Waals surface area contributed by atoms with Crippen LogP contribution in [-0.2, 0) is 11.3 Å². The van der Waals surface area contributed by atoms with Gasteiger partial charge in [0.25, 0.3) is 0 Å². The molecule has 4 heteroatoms. The van der Waals surface area contributed by atoms with Gasteiger partial charge in [0.15, 0.2) is 0 Å². The van der Waals surface area contributed by atoms with E-state index in [4.69, 9.17) is 0 Å². The minimum atomic E-state index is 0.187. The molecule has 1 saturated heterocycles. The van der Waals surface area contributed by atoms with E-state index in [9.17, 15) is 4.79 Å². The van der Waals surface area contributed by atoms with Gasteiger partial charge in [-0.05, 0) is 26.0 Å². The molecule has 0 spiro atoms. The topological polar surface area (TPSA) is 44.4 Å². The van der Waals surface area contributed by atoms with Crippen LogP contribution in [0, 0.1) is 5.92 Å². The third-order valence-corrected chi connectivity index (χ3v) is 4.04. The standard InChI is InChI=1S/C16H25N3O/c1-13(8-9-18-16(20)15-10-17-11-15)19(2)12-14-6-4-3-5-7-14/h3-7,13,15,17H,8-12H2,1-2H3,(H,18,20). The summed E-state index contributed by atoms with van der Waals surface area (Å²) in [6.45, 7) is 5.57. The first-order chi connectivity index (χ1) is 9.66. The van der Waals surface area contributed by atoms with Crippen LogP contribution in [0.2, 0.25) is 0 Å². The number of amides is 1. The van der Waals surface area contributed by atoms with Gasteiger partial charge in [-0.15, -0.1) is 0 Å². The van der Waals surface area contributed by atoms with Crippen LogP contribution in [0.15, 0.2) is 30.3 Å². The fourth-order valence-corrected chi connectivity index (χ4v) is 2.27. The van der Waals surface area contributed by atoms with E-state index in [1.807, 2.05) is 6.07 Å². The molecule has 1 heterocycles. The number of hydrogen-bond donors (Lipinski definition) is 2. The van der Waals surface area contributed by atoms with Gasteiger partial charge in [0.2, 0.25) is 5.91 Å². The Hall–Kier alpha value is -1.39. The lowest BCUT2D eigenvalue weighted by Gasteiger charge is -2.27. The molecule has 1 atom stereocenters. The van der Waals surface area contributed by atoms with Crippen molar-refractivity contribution in [1.82, 2.24) is 15.5 Å². The minimum absolute atomic E-state index is 0.187. The average molecular weight is 275 g/mol. The summed E-state index contributed by atoms with van der Waals surface area (Å²) in [4.78, 5) is 14.0. The Morgan fingerprint density at radius 2 is 2.10 bits per heavy atom. The third kappa shape index (κ3) is 4.32. The molecular weight excluding hydrogens is 250 g/mol. The Balaban J connectivity index is 1.65. The number of rotatable bonds is 7. The number of carbonyl (C=O) groups is 1. The highest BCUT2D eigenvalue weighted by Gasteiger charge is 2.24. The predicted molar refractivity (Wildman–Crippen MR) is 81.4 cm³/mol. The van der Waals surface area contributed by atoms with Crippen LogP contribution in [0.25, 0.3) is 0 Å². The summed E-state index contributed by atoms with van der Waals surface area (Å²) in [6.07, 6.45) is 0.981. The Morgan fingerprint density at radius 1 is 1.40 bits per heavy atom. The molecule has 1 aliphatic rings. The van der Waals surface area contributed by atoms with Gasteiger partial charge in [0, 0.05) is 32.2 Å². The van der Waals surface area contributed by atoms with Crippen LogP contribution in [-0.4, -0.2) is 43.5 Å². The first-order valence-corrected chi connectivity index (χ1v) is 7.39. The molecule has 20 heavy (non-hydrogen) atoms. The van der Waals surface area contributed by atoms with Gasteiger partial charge in [-0.2, -0.15) is 0 Å². The number of nitrogens with zero attached hydrogens (tertiary/aromatic N) is 1. The maximum Gasteiger partial charge on any atom is 0.225 e. The predicted octanol–water partition coefficient (Wildman–Crippen LogP) is 1.23. The van der Waals surface area contributed by atoms with Gasteiger partial charge in [-0.3, -0.25) is 9.69 Å². The lowest BCUT2D eigenvalue weighted by molar-refractivity contribution is -0.126. The van der Waals surface area contributed by atoms with Crippen molar-refractivity contribution in [2.75, 3.05) is 26.7 Å². The Labute approximate surface area is 121 Å². The largest absolute Gasteiger partial charge is 0.356 e. The van der Waals surface area contributed by atoms with E-state index in [0.717, 1.165) is 32.6 Å². The number of benzene rings is 1. The smallest absolute Gasteiger partial charge is 0.225 e. The average Bonchev–Trinajstić information content (AvgIpc) is 2.37. The zero-order valence-corrected chi connectivity index (χ0v) is 12.4. The van der Waals surface area contributed by atoms with Crippen molar-refractivity contribution in [1.29, 1.82) is 0 Å². The second-order valence-electron chi connectivity index (χ2n) is 5.68. The van der Waals surface area contributed by atoms with Crippen molar-refractivity contribution < 1.29 is 4.79 Å². The Bertz CT molecular complexity index is 417. The normalized spacial score (nSPS) is 16.8. The maximum atomic E-state index is 11.7. The van der Waals surface area contributed by atoms with Gasteiger partial charge >= 0.3 is 0 Å². The van der Waals surface area contributed by atoms with Crippen LogP contribution < -0.4 is 10.6 Å². The second-order valence-corrected chi connectivity index (χ2v) is 5.68. The van der Waals surface area contributed by atoms with E-state index >= 15 is 0 Å². The lowest BCUT2D eigenvalue weighted by Crippen LogP contribution is -2.51. The molecule has 4 nitrogen and oxygen atoms in total. The highest BCUT2D eigenvalue weighted by Crippen LogP contribution is 2.08. The van der Waals surface area contributed by atoms with Gasteiger partial charge in [0.05, 0.1) is 5.92 Å². The lowest BCUT2D eigenvalue weighted by atomic mass is 10.0. The highest BCUT2D eigenvalue weighted by atomic mass is 16.2. The second kappa shape index (κ2) is 7.41. The number of nitrogens with one attached hydrogen (secondary N) is 2. The fraction of sp³-hybridized carbons (Fsp3) is 0.562. The van der Waals surface area contributed by atoms with Crippen molar-refractivity contribution in [3.8, 4) is 0 Å². The molecule has 1 aliphatic heterocycles. The summed E-state index contributed by atoms with van der Waals surface area (Å²) in [5.41, 5.74) is 1.33. The Kier molecular flexibility index (Phi) is 5.56. The van der Waals surface area contributed by atoms with Crippen LogP contribution >= 0.6 is 0 Å². The van der Waals surface area contributed by atoms with E-state index in [-0.39, 0.29) is 11.8 Å². The van der Waals surface area contributed by atoms with Gasteiger partial charge in [-0.1, -0.05) is 30.3 Å². The van der Waals surface area contributed by atoms with Gasteiger partial charge in [-0.25, -0.2) is 0 Å². The molecule has 1 aromatic carbocycles. The van der Waals surface area contributed by atoms with Crippen LogP contribution in [0.3, 0.4) is 0 Å². The molecule has 2 rings (SSSR count). The maximum absolute atomic E-state index is 11.7. The van der Waals surface area contributed by atoms with E-state index in [0.29, 0.717) is 6.04 Å². The summed E-state index contributed by atoms with van der Waals surface area (Å²) in [5, 5.41) is 6.15. The van der Waals surface area contributed by atoms with E-state index in [1.165, 1.54) is 5.56 Å². The SMILES string of the molecule is CC(CCNC(=O)C1CNC1)N(C)Cc1ccccc1. The number of carbonyl (C=O) groups excluding carboxylic acids is 1. The third-order valence-electron chi connectivity index (χ3n) is 4.04. The molecular formula is C16H25N3O. The summed E-state index contributed by atoms with van der Waals surface area (Å²) >= 11 is 0. The van der Waals surface area contributed by atoms with Crippen LogP contribution in [0.1, 0.15) is 18.9 Å². The Morgan fingerprint density at radius 3 is 2.70 bits per heavy atom. The quantitative estimate of drug-likeness (QED) is 0.787. The van der Waals surface area contributed by atoms with Crippen molar-refractivity contribution in [2.45, 2.75) is 25.9 Å². The molecule has 0 bridgehead atoms. The zero-order valence-electron chi connectivity index (χ0n) is 12.4. The van der Waals surface area contributed by atoms with Gasteiger partial charge in [0.1, 0.15) is 0 Å². The summed E-state index contributed by atoms with van der Waals surface area (Å²) in [5.74, 6) is 0.383. The fourth-order valence-electron chi connectivity index (χ4n) is 2.27. The first-order valence-electron chi connectivity index (χ1n) is 7.39. The molecule has 1 fully saturated rings. The van der Waals surface area contributed by atoms with E-state index in [2.05, 4.69) is 53.8 Å². The summed E-state index contributed by atoms with van der Waals surface area (Å²) in [6, 6.07) is 10.9. The van der Waals surface area contributed by atoms with Crippen molar-refractivity contribution in [2.24, 2.45) is 5.92 Å². The molecule has 2 N–H and O–H groups in total. The van der Waals surface area contributed by atoms with Crippen molar-refractivity contribution >= 4 is 5.91 Å². The van der Waals surface area contributed by atoms with Crippen molar-refractivity contribution in [3.63, 3.8) is 0 Å². The van der Waals surface area contributed by atoms with E-state index in [1.54, 1.807) is 0 Å². The van der Waals surface area contributed by atoms with Crippen molar-refractivity contribution in [3.05, 3.63) is 35.9 Å². The summed E-state index contributed by atoms with van der Waals surface area (Å²) < 4.78 is 0. The highest BCUT2D eigenvalue weighted by molar-refractivity contribution is 5.79. The van der Waals surface area contributed by atoms with E-state index < -0.39 is 0 Å². The molecule has 1 unspecified atom stereocenters. The minimum Gasteiger partial charge on any atom is -0.356 e. The zero-order chi connectivity index (χ0) is 14.4. The monoisotopic (exact) mass is 275 g/mol. The molecule has 0 radical (unpaired) electrons. The molecule has 0 aliphatic carbocycles. The summed E-state index contributed by atoms with van der Waals surface area (Å²) in [7, 11) is 2.13. The molecule has 0 saturated carbocycles. The van der Waals surface area contributed by atoms with Crippen LogP contribution in [0.4, 0.5) is 0 Å². The molecule has 1 aromatic rings. The van der Waals surface area contributed by atoms with Crippen LogP contribution in [0.5, 0.6) is 0 Å². The first kappa shape index (κ1) is 15.0. The molecule has 0 aromatic heterocycles. The number of hydrogen-bond acceptors (Lipinski definition) is 3.